The van der Waals surface area contributed by atoms with Crippen molar-refractivity contribution < 1.29 is 17.7 Å². The lowest BCUT2D eigenvalue weighted by molar-refractivity contribution is -0.384. The van der Waals surface area contributed by atoms with Gasteiger partial charge in [0.05, 0.1) is 15.9 Å². The molecule has 0 amide bonds. The van der Waals surface area contributed by atoms with E-state index in [0.29, 0.717) is 10.5 Å². The molecule has 0 saturated carbocycles. The van der Waals surface area contributed by atoms with E-state index in [2.05, 4.69) is 20.7 Å². The third-order valence-corrected chi connectivity index (χ3v) is 4.36. The fourth-order valence-electron chi connectivity index (χ4n) is 1.58. The van der Waals surface area contributed by atoms with Crippen LogP contribution in [-0.2, 0) is 10.0 Å². The van der Waals surface area contributed by atoms with Crippen molar-refractivity contribution in [3.05, 3.63) is 62.9 Å². The van der Waals surface area contributed by atoms with Crippen LogP contribution >= 0.6 is 15.9 Å². The molecular formula is C12H8BrFN2O4S. The second kappa shape index (κ2) is 5.78. The number of nitrogens with one attached hydrogen (secondary N) is 1. The molecule has 2 aromatic rings. The standard InChI is InChI=1S/C12H8BrFN2O4S/c13-8-2-1-3-10(6-8)21(19,20)15-11-5-4-9(14)7-12(11)16(17)18/h1-7,15H. The van der Waals surface area contributed by atoms with Gasteiger partial charge in [-0.1, -0.05) is 22.0 Å². The zero-order valence-corrected chi connectivity index (χ0v) is 12.7. The Morgan fingerprint density at radius 2 is 1.90 bits per heavy atom. The Morgan fingerprint density at radius 3 is 2.52 bits per heavy atom. The Bertz CT molecular complexity index is 811. The van der Waals surface area contributed by atoms with Gasteiger partial charge in [0.15, 0.2) is 0 Å². The number of hydrogen-bond acceptors (Lipinski definition) is 4. The molecule has 1 N–H and O–H groups in total. The molecule has 9 heteroatoms. The predicted octanol–water partition coefficient (Wildman–Crippen LogP) is 3.30. The molecule has 110 valence electrons. The van der Waals surface area contributed by atoms with Gasteiger partial charge in [0, 0.05) is 4.47 Å². The van der Waals surface area contributed by atoms with Crippen molar-refractivity contribution in [1.82, 2.24) is 0 Å². The first kappa shape index (κ1) is 15.4. The van der Waals surface area contributed by atoms with Crippen LogP contribution < -0.4 is 4.72 Å². The van der Waals surface area contributed by atoms with Crippen molar-refractivity contribution in [2.24, 2.45) is 0 Å². The summed E-state index contributed by atoms with van der Waals surface area (Å²) >= 11 is 3.14. The van der Waals surface area contributed by atoms with Crippen molar-refractivity contribution in [1.29, 1.82) is 0 Å². The maximum atomic E-state index is 13.0. The number of rotatable bonds is 4. The Labute approximate surface area is 127 Å². The molecule has 2 rings (SSSR count). The molecule has 0 atom stereocenters. The SMILES string of the molecule is O=[N+]([O-])c1cc(F)ccc1NS(=O)(=O)c1cccc(Br)c1. The number of nitrogens with zero attached hydrogens (tertiary/aromatic N) is 1. The molecule has 0 radical (unpaired) electrons. The van der Waals surface area contributed by atoms with Gasteiger partial charge >= 0.3 is 0 Å². The van der Waals surface area contributed by atoms with Gasteiger partial charge in [0.2, 0.25) is 0 Å². The first-order chi connectivity index (χ1) is 9.79. The lowest BCUT2D eigenvalue weighted by atomic mass is 10.3. The minimum absolute atomic E-state index is 0.0736. The van der Waals surface area contributed by atoms with E-state index in [1.165, 1.54) is 18.2 Å². The monoisotopic (exact) mass is 374 g/mol. The Morgan fingerprint density at radius 1 is 1.19 bits per heavy atom. The van der Waals surface area contributed by atoms with E-state index in [9.17, 15) is 22.9 Å². The van der Waals surface area contributed by atoms with Crippen molar-refractivity contribution in [3.8, 4) is 0 Å². The number of sulfonamides is 1. The van der Waals surface area contributed by atoms with Crippen LogP contribution in [0.25, 0.3) is 0 Å². The van der Waals surface area contributed by atoms with Crippen LogP contribution in [0.2, 0.25) is 0 Å². The van der Waals surface area contributed by atoms with Crippen LogP contribution in [-0.4, -0.2) is 13.3 Å². The van der Waals surface area contributed by atoms with Crippen LogP contribution in [0.4, 0.5) is 15.8 Å². The first-order valence-corrected chi connectivity index (χ1v) is 7.79. The fourth-order valence-corrected chi connectivity index (χ4v) is 3.25. The van der Waals surface area contributed by atoms with E-state index in [0.717, 1.165) is 12.1 Å². The third kappa shape index (κ3) is 3.56. The quantitative estimate of drug-likeness (QED) is 0.656. The van der Waals surface area contributed by atoms with Crippen LogP contribution in [0.15, 0.2) is 51.8 Å². The highest BCUT2D eigenvalue weighted by Gasteiger charge is 2.21. The molecule has 0 aromatic heterocycles. The maximum Gasteiger partial charge on any atom is 0.296 e. The van der Waals surface area contributed by atoms with Crippen LogP contribution in [0.1, 0.15) is 0 Å². The largest absolute Gasteiger partial charge is 0.296 e. The highest BCUT2D eigenvalue weighted by Crippen LogP contribution is 2.28. The molecule has 2 aromatic carbocycles. The van der Waals surface area contributed by atoms with Crippen molar-refractivity contribution >= 4 is 37.3 Å². The van der Waals surface area contributed by atoms with Crippen molar-refractivity contribution in [2.75, 3.05) is 4.72 Å². The summed E-state index contributed by atoms with van der Waals surface area (Å²) < 4.78 is 40.0. The highest BCUT2D eigenvalue weighted by atomic mass is 79.9. The van der Waals surface area contributed by atoms with Gasteiger partial charge in [-0.3, -0.25) is 14.8 Å². The molecule has 21 heavy (non-hydrogen) atoms. The average molecular weight is 375 g/mol. The molecule has 0 bridgehead atoms. The number of nitro groups is 1. The minimum Gasteiger partial charge on any atom is -0.273 e. The summed E-state index contributed by atoms with van der Waals surface area (Å²) in [6.07, 6.45) is 0. The van der Waals surface area contributed by atoms with Crippen LogP contribution in [0.3, 0.4) is 0 Å². The third-order valence-electron chi connectivity index (χ3n) is 2.51. The predicted molar refractivity (Wildman–Crippen MR) is 78.0 cm³/mol. The molecule has 0 heterocycles. The molecule has 0 aliphatic carbocycles. The second-order valence-electron chi connectivity index (χ2n) is 3.98. The number of anilines is 1. The number of benzene rings is 2. The van der Waals surface area contributed by atoms with E-state index in [4.69, 9.17) is 0 Å². The van der Waals surface area contributed by atoms with Gasteiger partial charge in [-0.05, 0) is 30.3 Å². The molecule has 0 fully saturated rings. The van der Waals surface area contributed by atoms with Crippen LogP contribution in [0.5, 0.6) is 0 Å². The lowest BCUT2D eigenvalue weighted by Gasteiger charge is -2.08. The van der Waals surface area contributed by atoms with Gasteiger partial charge in [-0.2, -0.15) is 0 Å². The zero-order chi connectivity index (χ0) is 15.6. The van der Waals surface area contributed by atoms with Gasteiger partial charge in [0.1, 0.15) is 11.5 Å². The summed E-state index contributed by atoms with van der Waals surface area (Å²) in [5, 5.41) is 10.8. The molecule has 0 saturated heterocycles. The van der Waals surface area contributed by atoms with Crippen molar-refractivity contribution in [3.63, 3.8) is 0 Å². The fraction of sp³-hybridized carbons (Fsp3) is 0. The summed E-state index contributed by atoms with van der Waals surface area (Å²) in [7, 11) is -4.01. The first-order valence-electron chi connectivity index (χ1n) is 5.52. The molecule has 0 aliphatic heterocycles. The van der Waals surface area contributed by atoms with Gasteiger partial charge < -0.3 is 0 Å². The Hall–Kier alpha value is -2.00. The summed E-state index contributed by atoms with van der Waals surface area (Å²) in [6.45, 7) is 0. The van der Waals surface area contributed by atoms with Gasteiger partial charge in [-0.25, -0.2) is 12.8 Å². The highest BCUT2D eigenvalue weighted by molar-refractivity contribution is 9.10. The van der Waals surface area contributed by atoms with Gasteiger partial charge in [0.25, 0.3) is 15.7 Å². The molecule has 0 aliphatic rings. The zero-order valence-electron chi connectivity index (χ0n) is 10.3. The van der Waals surface area contributed by atoms with E-state index >= 15 is 0 Å². The number of halogens is 2. The van der Waals surface area contributed by atoms with Crippen LogP contribution in [0, 0.1) is 15.9 Å². The lowest BCUT2D eigenvalue weighted by Crippen LogP contribution is -2.14. The maximum absolute atomic E-state index is 13.0. The molecular weight excluding hydrogens is 367 g/mol. The molecule has 0 spiro atoms. The van der Waals surface area contributed by atoms with Crippen molar-refractivity contribution in [2.45, 2.75) is 4.90 Å². The molecule has 6 nitrogen and oxygen atoms in total. The summed E-state index contributed by atoms with van der Waals surface area (Å²) in [5.41, 5.74) is -0.963. The number of nitro benzene ring substituents is 1. The minimum atomic E-state index is -4.01. The summed E-state index contributed by atoms with van der Waals surface area (Å²) in [5.74, 6) is -0.827. The van der Waals surface area contributed by atoms with E-state index < -0.39 is 26.5 Å². The summed E-state index contributed by atoms with van der Waals surface area (Å²) in [6, 6.07) is 8.42. The molecule has 0 unspecified atom stereocenters. The average Bonchev–Trinajstić information content (AvgIpc) is 2.40. The Kier molecular flexibility index (Phi) is 4.24. The second-order valence-corrected chi connectivity index (χ2v) is 6.58. The summed E-state index contributed by atoms with van der Waals surface area (Å²) in [4.78, 5) is 9.91. The van der Waals surface area contributed by atoms with E-state index in [1.54, 1.807) is 6.07 Å². The normalized spacial score (nSPS) is 11.1. The smallest absolute Gasteiger partial charge is 0.273 e. The van der Waals surface area contributed by atoms with Gasteiger partial charge in [-0.15, -0.1) is 0 Å². The van der Waals surface area contributed by atoms with E-state index in [1.807, 2.05) is 0 Å². The van der Waals surface area contributed by atoms with E-state index in [-0.39, 0.29) is 10.6 Å². The topological polar surface area (TPSA) is 89.3 Å². The number of hydrogen-bond donors (Lipinski definition) is 1. The Balaban J connectivity index is 2.44.